The molecule has 2 aliphatic rings. The van der Waals surface area contributed by atoms with E-state index >= 15 is 0 Å². The predicted molar refractivity (Wildman–Crippen MR) is 102 cm³/mol. The monoisotopic (exact) mass is 408 g/mol. The van der Waals surface area contributed by atoms with Gasteiger partial charge in [0.15, 0.2) is 0 Å². The summed E-state index contributed by atoms with van der Waals surface area (Å²) < 4.78 is 18.4. The highest BCUT2D eigenvalue weighted by Crippen LogP contribution is 2.32. The Balaban J connectivity index is 1.20. The van der Waals surface area contributed by atoms with Crippen LogP contribution in [-0.2, 0) is 9.59 Å². The van der Waals surface area contributed by atoms with Crippen LogP contribution in [0.25, 0.3) is 11.5 Å². The molecule has 4 heterocycles. The number of amides is 2. The average molecular weight is 408 g/mol. The first kappa shape index (κ1) is 18.3. The zero-order valence-corrected chi connectivity index (χ0v) is 15.8. The topological polar surface area (TPSA) is 105 Å². The highest BCUT2D eigenvalue weighted by molar-refractivity contribution is 6.00. The van der Waals surface area contributed by atoms with E-state index in [0.717, 1.165) is 0 Å². The molecule has 152 valence electrons. The van der Waals surface area contributed by atoms with Crippen LogP contribution in [0, 0.1) is 11.7 Å². The van der Waals surface area contributed by atoms with Gasteiger partial charge in [-0.15, -0.1) is 0 Å². The van der Waals surface area contributed by atoms with Gasteiger partial charge in [-0.3, -0.25) is 14.6 Å². The molecule has 0 N–H and O–H groups in total. The number of rotatable bonds is 4. The van der Waals surface area contributed by atoms with E-state index in [9.17, 15) is 14.0 Å². The van der Waals surface area contributed by atoms with Crippen LogP contribution in [0.3, 0.4) is 0 Å². The van der Waals surface area contributed by atoms with Crippen molar-refractivity contribution in [2.45, 2.75) is 12.3 Å². The standard InChI is InChI=1S/C20H17FN6O3/c21-14-1-3-15(4-2-14)27-11-12(7-17(27)28)20(29)26-9-13(10-26)19-24-18(25-30-19)16-8-22-5-6-23-16/h1-6,8,12-13H,7,9-11H2. The van der Waals surface area contributed by atoms with E-state index in [1.165, 1.54) is 17.0 Å². The summed E-state index contributed by atoms with van der Waals surface area (Å²) in [6, 6.07) is 5.70. The Morgan fingerprint density at radius 3 is 2.67 bits per heavy atom. The number of hydrogen-bond acceptors (Lipinski definition) is 7. The number of anilines is 1. The van der Waals surface area contributed by atoms with Crippen molar-refractivity contribution in [3.05, 3.63) is 54.6 Å². The number of nitrogens with zero attached hydrogens (tertiary/aromatic N) is 6. The first-order valence-corrected chi connectivity index (χ1v) is 9.53. The lowest BCUT2D eigenvalue weighted by Crippen LogP contribution is -2.51. The van der Waals surface area contributed by atoms with E-state index in [2.05, 4.69) is 20.1 Å². The number of carbonyl (C=O) groups excluding carboxylic acids is 2. The molecule has 1 atom stereocenters. The molecule has 10 heteroatoms. The molecule has 0 bridgehead atoms. The normalized spacial score (nSPS) is 19.2. The number of aromatic nitrogens is 4. The molecule has 1 aromatic carbocycles. The summed E-state index contributed by atoms with van der Waals surface area (Å²) in [5, 5.41) is 3.93. The third kappa shape index (κ3) is 3.30. The predicted octanol–water partition coefficient (Wildman–Crippen LogP) is 1.64. The Labute approximate surface area is 170 Å². The SMILES string of the molecule is O=C(C1CC(=O)N(c2ccc(F)cc2)C1)N1CC(c2nc(-c3cnccn3)no2)C1. The average Bonchev–Trinajstić information content (AvgIpc) is 3.35. The largest absolute Gasteiger partial charge is 0.341 e. The van der Waals surface area contributed by atoms with E-state index in [-0.39, 0.29) is 30.0 Å². The third-order valence-corrected chi connectivity index (χ3v) is 5.39. The molecular formula is C20H17FN6O3. The minimum Gasteiger partial charge on any atom is -0.341 e. The zero-order chi connectivity index (χ0) is 20.7. The molecule has 0 saturated carbocycles. The van der Waals surface area contributed by atoms with E-state index in [1.54, 1.807) is 35.6 Å². The number of hydrogen-bond donors (Lipinski definition) is 0. The van der Waals surface area contributed by atoms with Crippen molar-refractivity contribution < 1.29 is 18.5 Å². The van der Waals surface area contributed by atoms with Gasteiger partial charge in [0.2, 0.25) is 23.5 Å². The van der Waals surface area contributed by atoms with Crippen LogP contribution in [0.5, 0.6) is 0 Å². The summed E-state index contributed by atoms with van der Waals surface area (Å²) in [6.45, 7) is 1.21. The van der Waals surface area contributed by atoms with Gasteiger partial charge >= 0.3 is 0 Å². The van der Waals surface area contributed by atoms with Crippen LogP contribution in [-0.4, -0.2) is 56.5 Å². The summed E-state index contributed by atoms with van der Waals surface area (Å²) in [4.78, 5) is 40.9. The highest BCUT2D eigenvalue weighted by atomic mass is 19.1. The Kier molecular flexibility index (Phi) is 4.46. The molecule has 0 radical (unpaired) electrons. The van der Waals surface area contributed by atoms with Crippen LogP contribution >= 0.6 is 0 Å². The van der Waals surface area contributed by atoms with Crippen molar-refractivity contribution in [3.8, 4) is 11.5 Å². The quantitative estimate of drug-likeness (QED) is 0.646. The van der Waals surface area contributed by atoms with Crippen LogP contribution < -0.4 is 4.90 Å². The van der Waals surface area contributed by atoms with Gasteiger partial charge in [-0.05, 0) is 24.3 Å². The van der Waals surface area contributed by atoms with E-state index in [0.29, 0.717) is 42.7 Å². The zero-order valence-electron chi connectivity index (χ0n) is 15.8. The van der Waals surface area contributed by atoms with Crippen LogP contribution in [0.2, 0.25) is 0 Å². The number of carbonyl (C=O) groups is 2. The summed E-state index contributed by atoms with van der Waals surface area (Å²) in [5.74, 6) is -0.221. The molecule has 5 rings (SSSR count). The Hall–Kier alpha value is -3.69. The van der Waals surface area contributed by atoms with Gasteiger partial charge in [-0.25, -0.2) is 9.37 Å². The minimum atomic E-state index is -0.415. The number of likely N-dealkylation sites (tertiary alicyclic amines) is 1. The molecule has 1 unspecified atom stereocenters. The van der Waals surface area contributed by atoms with Gasteiger partial charge in [0.1, 0.15) is 11.5 Å². The fourth-order valence-electron chi connectivity index (χ4n) is 3.74. The fraction of sp³-hybridized carbons (Fsp3) is 0.300. The lowest BCUT2D eigenvalue weighted by Gasteiger charge is -2.38. The van der Waals surface area contributed by atoms with Gasteiger partial charge in [0.05, 0.1) is 18.0 Å². The first-order valence-electron chi connectivity index (χ1n) is 9.53. The highest BCUT2D eigenvalue weighted by Gasteiger charge is 2.42. The van der Waals surface area contributed by atoms with Crippen LogP contribution in [0.4, 0.5) is 10.1 Å². The summed E-state index contributed by atoms with van der Waals surface area (Å²) >= 11 is 0. The van der Waals surface area contributed by atoms with Crippen LogP contribution in [0.1, 0.15) is 18.2 Å². The lowest BCUT2D eigenvalue weighted by molar-refractivity contribution is -0.140. The smallest absolute Gasteiger partial charge is 0.233 e. The van der Waals surface area contributed by atoms with E-state index < -0.39 is 5.92 Å². The summed E-state index contributed by atoms with van der Waals surface area (Å²) in [6.07, 6.45) is 4.81. The van der Waals surface area contributed by atoms with E-state index in [1.807, 2.05) is 0 Å². The maximum absolute atomic E-state index is 13.1. The van der Waals surface area contributed by atoms with Crippen LogP contribution in [0.15, 0.2) is 47.4 Å². The molecule has 2 aliphatic heterocycles. The molecule has 3 aromatic rings. The molecule has 2 fully saturated rings. The van der Waals surface area contributed by atoms with Gasteiger partial charge in [-0.1, -0.05) is 5.16 Å². The molecule has 2 aromatic heterocycles. The van der Waals surface area contributed by atoms with Gasteiger partial charge in [-0.2, -0.15) is 4.98 Å². The number of benzene rings is 1. The lowest BCUT2D eigenvalue weighted by atomic mass is 9.96. The maximum atomic E-state index is 13.1. The maximum Gasteiger partial charge on any atom is 0.233 e. The van der Waals surface area contributed by atoms with Gasteiger partial charge < -0.3 is 14.3 Å². The summed E-state index contributed by atoms with van der Waals surface area (Å²) in [5.41, 5.74) is 1.12. The summed E-state index contributed by atoms with van der Waals surface area (Å²) in [7, 11) is 0. The van der Waals surface area contributed by atoms with Crippen molar-refractivity contribution in [3.63, 3.8) is 0 Å². The van der Waals surface area contributed by atoms with Crippen molar-refractivity contribution in [2.75, 3.05) is 24.5 Å². The first-order chi connectivity index (χ1) is 14.6. The molecule has 30 heavy (non-hydrogen) atoms. The van der Waals surface area contributed by atoms with E-state index in [4.69, 9.17) is 4.52 Å². The number of halogens is 1. The Morgan fingerprint density at radius 1 is 1.13 bits per heavy atom. The van der Waals surface area contributed by atoms with Crippen molar-refractivity contribution >= 4 is 17.5 Å². The minimum absolute atomic E-state index is 0.0443. The molecular weight excluding hydrogens is 391 g/mol. The van der Waals surface area contributed by atoms with Crippen molar-refractivity contribution in [2.24, 2.45) is 5.92 Å². The second-order valence-corrected chi connectivity index (χ2v) is 7.37. The molecule has 0 spiro atoms. The van der Waals surface area contributed by atoms with Crippen molar-refractivity contribution in [1.82, 2.24) is 25.0 Å². The third-order valence-electron chi connectivity index (χ3n) is 5.39. The van der Waals surface area contributed by atoms with Gasteiger partial charge in [0, 0.05) is 44.1 Å². The van der Waals surface area contributed by atoms with Gasteiger partial charge in [0.25, 0.3) is 0 Å². The second kappa shape index (κ2) is 7.29. The second-order valence-electron chi connectivity index (χ2n) is 7.37. The Morgan fingerprint density at radius 2 is 1.93 bits per heavy atom. The molecule has 2 saturated heterocycles. The molecule has 0 aliphatic carbocycles. The molecule has 9 nitrogen and oxygen atoms in total. The fourth-order valence-corrected chi connectivity index (χ4v) is 3.74. The Bertz CT molecular complexity index is 1080. The van der Waals surface area contributed by atoms with Crippen molar-refractivity contribution in [1.29, 1.82) is 0 Å². The molecule has 2 amide bonds.